The molecule has 2 heterocycles. The maximum Gasteiger partial charge on any atom is 0.249 e. The quantitative estimate of drug-likeness (QED) is 0.835. The lowest BCUT2D eigenvalue weighted by Gasteiger charge is -2.44. The Labute approximate surface area is 157 Å². The van der Waals surface area contributed by atoms with Crippen LogP contribution in [-0.4, -0.2) is 61.0 Å². The minimum absolute atomic E-state index is 0.311. The van der Waals surface area contributed by atoms with Gasteiger partial charge >= 0.3 is 0 Å². The van der Waals surface area contributed by atoms with Crippen molar-refractivity contribution < 1.29 is 4.79 Å². The van der Waals surface area contributed by atoms with Crippen molar-refractivity contribution >= 4 is 11.6 Å². The molecule has 4 nitrogen and oxygen atoms in total. The molecule has 2 aliphatic heterocycles. The number of hydrogen-bond acceptors (Lipinski definition) is 3. The summed E-state index contributed by atoms with van der Waals surface area (Å²) in [6, 6.07) is 9.22. The van der Waals surface area contributed by atoms with Crippen molar-refractivity contribution in [2.75, 3.05) is 44.2 Å². The van der Waals surface area contributed by atoms with Crippen molar-refractivity contribution in [3.8, 4) is 0 Å². The maximum absolute atomic E-state index is 12.7. The van der Waals surface area contributed by atoms with Crippen molar-refractivity contribution in [3.05, 3.63) is 41.5 Å². The fraction of sp³-hybridized carbons (Fsp3) is 0.591. The minimum atomic E-state index is 0.311. The predicted molar refractivity (Wildman–Crippen MR) is 107 cm³/mol. The first-order chi connectivity index (χ1) is 12.7. The summed E-state index contributed by atoms with van der Waals surface area (Å²) >= 11 is 0. The van der Waals surface area contributed by atoms with Crippen molar-refractivity contribution in [1.29, 1.82) is 0 Å². The third-order valence-corrected chi connectivity index (χ3v) is 6.29. The molecule has 1 unspecified atom stereocenters. The molecule has 3 aliphatic rings. The molecule has 0 aromatic heterocycles. The monoisotopic (exact) mass is 353 g/mol. The zero-order chi connectivity index (χ0) is 17.9. The van der Waals surface area contributed by atoms with Crippen molar-refractivity contribution in [2.45, 2.75) is 45.1 Å². The van der Waals surface area contributed by atoms with Crippen LogP contribution in [0.2, 0.25) is 0 Å². The van der Waals surface area contributed by atoms with Crippen LogP contribution in [0, 0.1) is 6.92 Å². The van der Waals surface area contributed by atoms with Crippen LogP contribution >= 0.6 is 0 Å². The van der Waals surface area contributed by atoms with Gasteiger partial charge in [-0.25, -0.2) is 0 Å². The number of anilines is 1. The van der Waals surface area contributed by atoms with Crippen LogP contribution < -0.4 is 4.90 Å². The van der Waals surface area contributed by atoms with E-state index in [0.29, 0.717) is 11.9 Å². The number of para-hydroxylation sites is 1. The van der Waals surface area contributed by atoms with E-state index in [0.717, 1.165) is 70.5 Å². The molecule has 0 radical (unpaired) electrons. The van der Waals surface area contributed by atoms with Crippen LogP contribution in [-0.2, 0) is 4.79 Å². The summed E-state index contributed by atoms with van der Waals surface area (Å²) in [6.07, 6.45) is 7.75. The molecule has 1 atom stereocenters. The van der Waals surface area contributed by atoms with E-state index >= 15 is 0 Å². The zero-order valence-corrected chi connectivity index (χ0v) is 16.0. The molecule has 1 aliphatic carbocycles. The van der Waals surface area contributed by atoms with E-state index in [-0.39, 0.29) is 0 Å². The molecule has 0 saturated carbocycles. The van der Waals surface area contributed by atoms with Crippen LogP contribution in [0.1, 0.15) is 37.7 Å². The van der Waals surface area contributed by atoms with Gasteiger partial charge in [0.15, 0.2) is 0 Å². The number of carbonyl (C=O) groups is 1. The Morgan fingerprint density at radius 1 is 1.04 bits per heavy atom. The number of piperazine rings is 1. The highest BCUT2D eigenvalue weighted by molar-refractivity contribution is 5.93. The molecule has 1 aromatic rings. The van der Waals surface area contributed by atoms with Crippen LogP contribution in [0.3, 0.4) is 0 Å². The van der Waals surface area contributed by atoms with E-state index < -0.39 is 0 Å². The topological polar surface area (TPSA) is 26.8 Å². The molecule has 1 aromatic carbocycles. The lowest BCUT2D eigenvalue weighted by atomic mass is 10.0. The van der Waals surface area contributed by atoms with Gasteiger partial charge in [0.1, 0.15) is 0 Å². The van der Waals surface area contributed by atoms with Crippen LogP contribution in [0.15, 0.2) is 35.9 Å². The number of amides is 1. The van der Waals surface area contributed by atoms with Crippen LogP contribution in [0.5, 0.6) is 0 Å². The third kappa shape index (κ3) is 3.66. The van der Waals surface area contributed by atoms with Gasteiger partial charge in [-0.2, -0.15) is 0 Å². The number of benzene rings is 1. The molecule has 0 bridgehead atoms. The second-order valence-corrected chi connectivity index (χ2v) is 7.98. The summed E-state index contributed by atoms with van der Waals surface area (Å²) in [5, 5.41) is 0. The smallest absolute Gasteiger partial charge is 0.249 e. The summed E-state index contributed by atoms with van der Waals surface area (Å²) in [5.74, 6) is 0.311. The Kier molecular flexibility index (Phi) is 5.30. The van der Waals surface area contributed by atoms with Crippen LogP contribution in [0.25, 0.3) is 0 Å². The summed E-state index contributed by atoms with van der Waals surface area (Å²) in [4.78, 5) is 20.0. The average Bonchev–Trinajstić information content (AvgIpc) is 3.23. The van der Waals surface area contributed by atoms with E-state index in [9.17, 15) is 4.79 Å². The number of allylic oxidation sites excluding steroid dienone is 1. The van der Waals surface area contributed by atoms with Gasteiger partial charge in [-0.15, -0.1) is 0 Å². The van der Waals surface area contributed by atoms with Crippen molar-refractivity contribution in [1.82, 2.24) is 9.80 Å². The number of aryl methyl sites for hydroxylation is 1. The Hall–Kier alpha value is -1.81. The van der Waals surface area contributed by atoms with Gasteiger partial charge in [0.2, 0.25) is 5.91 Å². The van der Waals surface area contributed by atoms with Gasteiger partial charge in [-0.05, 0) is 50.7 Å². The average molecular weight is 354 g/mol. The molecule has 2 saturated heterocycles. The molecule has 4 rings (SSSR count). The van der Waals surface area contributed by atoms with E-state index in [1.54, 1.807) is 0 Å². The fourth-order valence-electron chi connectivity index (χ4n) is 4.75. The zero-order valence-electron chi connectivity index (χ0n) is 16.0. The SMILES string of the molecule is Cc1ccccc1N1CCN(C2CCCN(C(=O)C3=CCCC3)C2)CC1. The number of piperidine rings is 1. The van der Waals surface area contributed by atoms with Crippen molar-refractivity contribution in [3.63, 3.8) is 0 Å². The lowest BCUT2D eigenvalue weighted by Crippen LogP contribution is -2.56. The molecular formula is C22H31N3O. The first-order valence-corrected chi connectivity index (χ1v) is 10.3. The maximum atomic E-state index is 12.7. The summed E-state index contributed by atoms with van der Waals surface area (Å²) in [5.41, 5.74) is 3.80. The van der Waals surface area contributed by atoms with E-state index in [2.05, 4.69) is 52.0 Å². The molecule has 1 amide bonds. The Morgan fingerprint density at radius 3 is 2.58 bits per heavy atom. The minimum Gasteiger partial charge on any atom is -0.369 e. The molecule has 0 spiro atoms. The molecule has 2 fully saturated rings. The number of rotatable bonds is 3. The summed E-state index contributed by atoms with van der Waals surface area (Å²) < 4.78 is 0. The fourth-order valence-corrected chi connectivity index (χ4v) is 4.75. The lowest BCUT2D eigenvalue weighted by molar-refractivity contribution is -0.129. The van der Waals surface area contributed by atoms with E-state index in [4.69, 9.17) is 0 Å². The van der Waals surface area contributed by atoms with Gasteiger partial charge in [0, 0.05) is 56.6 Å². The van der Waals surface area contributed by atoms with Gasteiger partial charge in [0.25, 0.3) is 0 Å². The van der Waals surface area contributed by atoms with Crippen LogP contribution in [0.4, 0.5) is 5.69 Å². The van der Waals surface area contributed by atoms with Crippen molar-refractivity contribution in [2.24, 2.45) is 0 Å². The molecule has 0 N–H and O–H groups in total. The van der Waals surface area contributed by atoms with Gasteiger partial charge in [-0.1, -0.05) is 24.3 Å². The highest BCUT2D eigenvalue weighted by Crippen LogP contribution is 2.25. The summed E-state index contributed by atoms with van der Waals surface area (Å²) in [7, 11) is 0. The normalized spacial score (nSPS) is 24.7. The molecule has 4 heteroatoms. The van der Waals surface area contributed by atoms with Gasteiger partial charge in [-0.3, -0.25) is 9.69 Å². The predicted octanol–water partition coefficient (Wildman–Crippen LogP) is 3.22. The Balaban J connectivity index is 1.34. The standard InChI is InChI=1S/C22H31N3O/c1-18-7-2-5-11-21(18)24-15-13-23(14-16-24)20-10-6-12-25(17-20)22(26)19-8-3-4-9-19/h2,5,7-8,11,20H,3-4,6,9-10,12-17H2,1H3. The number of nitrogens with zero attached hydrogens (tertiary/aromatic N) is 3. The first kappa shape index (κ1) is 17.6. The van der Waals surface area contributed by atoms with Gasteiger partial charge in [0.05, 0.1) is 0 Å². The molecular weight excluding hydrogens is 322 g/mol. The van der Waals surface area contributed by atoms with Gasteiger partial charge < -0.3 is 9.80 Å². The van der Waals surface area contributed by atoms with E-state index in [1.165, 1.54) is 17.7 Å². The molecule has 140 valence electrons. The third-order valence-electron chi connectivity index (χ3n) is 6.29. The second-order valence-electron chi connectivity index (χ2n) is 7.98. The number of likely N-dealkylation sites (tertiary alicyclic amines) is 1. The van der Waals surface area contributed by atoms with E-state index in [1.807, 2.05) is 0 Å². The molecule has 26 heavy (non-hydrogen) atoms. The largest absolute Gasteiger partial charge is 0.369 e. The first-order valence-electron chi connectivity index (χ1n) is 10.3. The number of carbonyl (C=O) groups excluding carboxylic acids is 1. The second kappa shape index (κ2) is 7.83. The highest BCUT2D eigenvalue weighted by Gasteiger charge is 2.31. The Morgan fingerprint density at radius 2 is 1.85 bits per heavy atom. The Bertz CT molecular complexity index is 676. The number of hydrogen-bond donors (Lipinski definition) is 0. The summed E-state index contributed by atoms with van der Waals surface area (Å²) in [6.45, 7) is 8.43. The highest BCUT2D eigenvalue weighted by atomic mass is 16.2.